The van der Waals surface area contributed by atoms with E-state index in [1.807, 2.05) is 29.0 Å². The zero-order chi connectivity index (χ0) is 18.8. The Balaban J connectivity index is 1.73. The van der Waals surface area contributed by atoms with Crippen LogP contribution < -0.4 is 0 Å². The van der Waals surface area contributed by atoms with Crippen molar-refractivity contribution in [2.75, 3.05) is 0 Å². The molecule has 27 heavy (non-hydrogen) atoms. The largest absolute Gasteiger partial charge is 0.478 e. The number of carbonyl (C=O) groups is 1. The predicted octanol–water partition coefficient (Wildman–Crippen LogP) is 4.93. The summed E-state index contributed by atoms with van der Waals surface area (Å²) in [5, 5.41) is 21.0. The van der Waals surface area contributed by atoms with E-state index in [1.165, 1.54) is 5.39 Å². The molecule has 4 nitrogen and oxygen atoms in total. The van der Waals surface area contributed by atoms with Gasteiger partial charge in [-0.15, -0.1) is 0 Å². The number of hydrogen-bond acceptors (Lipinski definition) is 2. The number of rotatable bonds is 4. The third-order valence-electron chi connectivity index (χ3n) is 4.59. The molecule has 0 saturated heterocycles. The van der Waals surface area contributed by atoms with Gasteiger partial charge in [-0.2, -0.15) is 5.26 Å². The minimum absolute atomic E-state index is 0.228. The summed E-state index contributed by atoms with van der Waals surface area (Å²) in [7, 11) is 0. The summed E-state index contributed by atoms with van der Waals surface area (Å²) in [6.07, 6.45) is 3.47. The Hall–Kier alpha value is -3.84. The summed E-state index contributed by atoms with van der Waals surface area (Å²) in [6, 6.07) is 23.5. The molecule has 0 atom stereocenters. The second-order valence-electron chi connectivity index (χ2n) is 6.44. The highest BCUT2D eigenvalue weighted by Crippen LogP contribution is 2.27. The maximum absolute atomic E-state index is 11.7. The Morgan fingerprint density at radius 3 is 2.56 bits per heavy atom. The summed E-state index contributed by atoms with van der Waals surface area (Å²) >= 11 is 0. The molecule has 0 spiro atoms. The summed E-state index contributed by atoms with van der Waals surface area (Å²) in [4.78, 5) is 11.7. The van der Waals surface area contributed by atoms with Crippen molar-refractivity contribution in [3.63, 3.8) is 0 Å². The van der Waals surface area contributed by atoms with Crippen molar-refractivity contribution in [1.82, 2.24) is 4.57 Å². The first-order valence-corrected chi connectivity index (χ1v) is 8.55. The fourth-order valence-electron chi connectivity index (χ4n) is 3.30. The normalized spacial score (nSPS) is 10.6. The van der Waals surface area contributed by atoms with Gasteiger partial charge in [-0.3, -0.25) is 0 Å². The van der Waals surface area contributed by atoms with Gasteiger partial charge in [-0.05, 0) is 40.1 Å². The monoisotopic (exact) mass is 352 g/mol. The second-order valence-corrected chi connectivity index (χ2v) is 6.44. The Morgan fingerprint density at radius 1 is 0.963 bits per heavy atom. The average molecular weight is 352 g/mol. The van der Waals surface area contributed by atoms with E-state index in [1.54, 1.807) is 24.4 Å². The third-order valence-corrected chi connectivity index (χ3v) is 4.59. The number of nitriles is 1. The lowest BCUT2D eigenvalue weighted by atomic mass is 10.0. The molecule has 4 heteroatoms. The van der Waals surface area contributed by atoms with E-state index < -0.39 is 5.97 Å². The van der Waals surface area contributed by atoms with E-state index in [4.69, 9.17) is 5.26 Å². The maximum atomic E-state index is 11.7. The van der Waals surface area contributed by atoms with Gasteiger partial charge in [0.15, 0.2) is 0 Å². The summed E-state index contributed by atoms with van der Waals surface area (Å²) < 4.78 is 1.88. The molecule has 0 aliphatic heterocycles. The van der Waals surface area contributed by atoms with Gasteiger partial charge in [-0.25, -0.2) is 4.79 Å². The van der Waals surface area contributed by atoms with Crippen LogP contribution in [0, 0.1) is 11.3 Å². The fraction of sp³-hybridized carbons (Fsp3) is 0.0435. The van der Waals surface area contributed by atoms with Crippen LogP contribution in [0.1, 0.15) is 21.5 Å². The molecule has 0 aliphatic carbocycles. The van der Waals surface area contributed by atoms with Gasteiger partial charge < -0.3 is 9.67 Å². The van der Waals surface area contributed by atoms with Crippen molar-refractivity contribution in [3.8, 4) is 17.2 Å². The SMILES string of the molecule is N#Cc1cccc(-c2cn(Cc3ccc4ccccc4c3)cc2C(=O)O)c1. The molecule has 0 aliphatic rings. The molecule has 4 rings (SSSR count). The smallest absolute Gasteiger partial charge is 0.337 e. The van der Waals surface area contributed by atoms with Crippen LogP contribution >= 0.6 is 0 Å². The fourth-order valence-corrected chi connectivity index (χ4v) is 3.30. The Morgan fingerprint density at radius 2 is 1.78 bits per heavy atom. The van der Waals surface area contributed by atoms with Crippen LogP contribution in [0.5, 0.6) is 0 Å². The summed E-state index contributed by atoms with van der Waals surface area (Å²) in [6.45, 7) is 0.572. The number of carboxylic acid groups (broad SMARTS) is 1. The van der Waals surface area contributed by atoms with Crippen molar-refractivity contribution in [2.45, 2.75) is 6.54 Å². The summed E-state index contributed by atoms with van der Waals surface area (Å²) in [5.74, 6) is -0.982. The van der Waals surface area contributed by atoms with Gasteiger partial charge in [0.1, 0.15) is 0 Å². The van der Waals surface area contributed by atoms with Crippen molar-refractivity contribution >= 4 is 16.7 Å². The topological polar surface area (TPSA) is 66.0 Å². The predicted molar refractivity (Wildman–Crippen MR) is 105 cm³/mol. The van der Waals surface area contributed by atoms with Crippen LogP contribution in [0.2, 0.25) is 0 Å². The van der Waals surface area contributed by atoms with Crippen LogP contribution in [0.4, 0.5) is 0 Å². The minimum Gasteiger partial charge on any atom is -0.478 e. The first-order valence-electron chi connectivity index (χ1n) is 8.55. The minimum atomic E-state index is -0.982. The number of hydrogen-bond donors (Lipinski definition) is 1. The van der Waals surface area contributed by atoms with Gasteiger partial charge >= 0.3 is 5.97 Å². The van der Waals surface area contributed by atoms with Gasteiger partial charge in [-0.1, -0.05) is 48.5 Å². The highest BCUT2D eigenvalue weighted by atomic mass is 16.4. The molecule has 0 bridgehead atoms. The number of aromatic carboxylic acids is 1. The molecule has 1 N–H and O–H groups in total. The van der Waals surface area contributed by atoms with Crippen LogP contribution in [0.15, 0.2) is 79.1 Å². The number of nitrogens with zero attached hydrogens (tertiary/aromatic N) is 2. The lowest BCUT2D eigenvalue weighted by Gasteiger charge is -2.05. The van der Waals surface area contributed by atoms with Crippen LogP contribution in [0.3, 0.4) is 0 Å². The first-order chi connectivity index (χ1) is 13.1. The average Bonchev–Trinajstić information content (AvgIpc) is 3.12. The number of aromatic nitrogens is 1. The van der Waals surface area contributed by atoms with E-state index >= 15 is 0 Å². The molecule has 0 saturated carbocycles. The number of carboxylic acids is 1. The highest BCUT2D eigenvalue weighted by Gasteiger charge is 2.15. The molecule has 130 valence electrons. The quantitative estimate of drug-likeness (QED) is 0.566. The van der Waals surface area contributed by atoms with Gasteiger partial charge in [0.25, 0.3) is 0 Å². The second kappa shape index (κ2) is 6.81. The molecular formula is C23H16N2O2. The molecule has 0 unspecified atom stereocenters. The molecule has 3 aromatic carbocycles. The Labute approximate surface area is 156 Å². The molecule has 1 aromatic heterocycles. The van der Waals surface area contributed by atoms with E-state index in [9.17, 15) is 9.90 Å². The van der Waals surface area contributed by atoms with Crippen molar-refractivity contribution in [1.29, 1.82) is 5.26 Å². The third kappa shape index (κ3) is 3.31. The Kier molecular flexibility index (Phi) is 4.19. The lowest BCUT2D eigenvalue weighted by molar-refractivity contribution is 0.0697. The van der Waals surface area contributed by atoms with E-state index in [-0.39, 0.29) is 5.56 Å². The molecular weight excluding hydrogens is 336 g/mol. The zero-order valence-corrected chi connectivity index (χ0v) is 14.5. The van der Waals surface area contributed by atoms with Gasteiger partial charge in [0.05, 0.1) is 17.2 Å². The first kappa shape index (κ1) is 16.6. The molecule has 0 amide bonds. The standard InChI is InChI=1S/C23H16N2O2/c24-12-16-4-3-7-20(10-16)21-14-25(15-22(21)23(26)27)13-17-8-9-18-5-1-2-6-19(18)11-17/h1-11,14-15H,13H2,(H,26,27). The van der Waals surface area contributed by atoms with Crippen LogP contribution in [-0.2, 0) is 6.54 Å². The van der Waals surface area contributed by atoms with E-state index in [0.717, 1.165) is 16.5 Å². The van der Waals surface area contributed by atoms with E-state index in [0.29, 0.717) is 17.7 Å². The highest BCUT2D eigenvalue weighted by molar-refractivity contribution is 5.96. The molecule has 0 radical (unpaired) electrons. The van der Waals surface area contributed by atoms with Crippen LogP contribution in [0.25, 0.3) is 21.9 Å². The summed E-state index contributed by atoms with van der Waals surface area (Å²) in [5.41, 5.74) is 3.17. The van der Waals surface area contributed by atoms with Crippen molar-refractivity contribution in [3.05, 3.63) is 95.8 Å². The van der Waals surface area contributed by atoms with Gasteiger partial charge in [0, 0.05) is 24.5 Å². The maximum Gasteiger partial charge on any atom is 0.337 e. The van der Waals surface area contributed by atoms with Crippen molar-refractivity contribution < 1.29 is 9.90 Å². The van der Waals surface area contributed by atoms with Crippen molar-refractivity contribution in [2.24, 2.45) is 0 Å². The number of benzene rings is 3. The van der Waals surface area contributed by atoms with Crippen LogP contribution in [-0.4, -0.2) is 15.6 Å². The zero-order valence-electron chi connectivity index (χ0n) is 14.5. The molecule has 1 heterocycles. The Bertz CT molecular complexity index is 1200. The number of fused-ring (bicyclic) bond motifs is 1. The van der Waals surface area contributed by atoms with Gasteiger partial charge in [0.2, 0.25) is 0 Å². The lowest BCUT2D eigenvalue weighted by Crippen LogP contribution is -1.98. The van der Waals surface area contributed by atoms with E-state index in [2.05, 4.69) is 36.4 Å². The molecule has 0 fully saturated rings. The molecule has 4 aromatic rings.